The zero-order chi connectivity index (χ0) is 25.1. The number of thiazole rings is 1. The number of fused-ring (bicyclic) bond motifs is 1. The number of ketones is 1. The van der Waals surface area contributed by atoms with Crippen molar-refractivity contribution in [1.29, 1.82) is 0 Å². The number of carbonyl (C=O) groups excluding carboxylic acids is 1. The second-order valence-electron chi connectivity index (χ2n) is 9.56. The van der Waals surface area contributed by atoms with Gasteiger partial charge in [0.05, 0.1) is 17.8 Å². The van der Waals surface area contributed by atoms with E-state index >= 15 is 0 Å². The molecule has 4 aromatic rings. The fourth-order valence-corrected chi connectivity index (χ4v) is 6.06. The maximum Gasteiger partial charge on any atom is 0.181 e. The summed E-state index contributed by atoms with van der Waals surface area (Å²) >= 11 is 1.81. The number of hydrogen-bond acceptors (Lipinski definition) is 6. The van der Waals surface area contributed by atoms with Gasteiger partial charge < -0.3 is 4.74 Å². The van der Waals surface area contributed by atoms with Gasteiger partial charge in [-0.2, -0.15) is 0 Å². The lowest BCUT2D eigenvalue weighted by atomic mass is 9.81. The van der Waals surface area contributed by atoms with Gasteiger partial charge in [0.1, 0.15) is 12.3 Å². The number of hydrogen-bond donors (Lipinski definition) is 0. The lowest BCUT2D eigenvalue weighted by molar-refractivity contribution is -0.124. The number of benzene rings is 2. The first-order valence-electron chi connectivity index (χ1n) is 12.6. The van der Waals surface area contributed by atoms with Gasteiger partial charge in [-0.05, 0) is 69.2 Å². The Labute approximate surface area is 216 Å². The van der Waals surface area contributed by atoms with Crippen molar-refractivity contribution in [2.45, 2.75) is 52.5 Å². The van der Waals surface area contributed by atoms with Crippen LogP contribution in [0.3, 0.4) is 0 Å². The Bertz CT molecular complexity index is 1330. The van der Waals surface area contributed by atoms with Crippen molar-refractivity contribution in [3.05, 3.63) is 70.2 Å². The largest absolute Gasteiger partial charge is 0.497 e. The Hall–Kier alpha value is -3.32. The van der Waals surface area contributed by atoms with Crippen molar-refractivity contribution < 1.29 is 9.53 Å². The highest BCUT2D eigenvalue weighted by atomic mass is 32.1. The minimum Gasteiger partial charge on any atom is -0.497 e. The van der Waals surface area contributed by atoms with Gasteiger partial charge in [0, 0.05) is 21.9 Å². The molecule has 0 bridgehead atoms. The van der Waals surface area contributed by atoms with Crippen molar-refractivity contribution in [3.63, 3.8) is 0 Å². The fourth-order valence-electron chi connectivity index (χ4n) is 5.07. The highest BCUT2D eigenvalue weighted by Crippen LogP contribution is 2.32. The van der Waals surface area contributed by atoms with Gasteiger partial charge in [0.2, 0.25) is 0 Å². The van der Waals surface area contributed by atoms with E-state index < -0.39 is 0 Å². The van der Waals surface area contributed by atoms with Crippen molar-refractivity contribution in [2.24, 2.45) is 11.8 Å². The number of aromatic nitrogens is 4. The van der Waals surface area contributed by atoms with Gasteiger partial charge in [0.25, 0.3) is 0 Å². The molecule has 0 fully saturated rings. The van der Waals surface area contributed by atoms with Gasteiger partial charge >= 0.3 is 0 Å². The molecule has 0 saturated heterocycles. The lowest BCUT2D eigenvalue weighted by Gasteiger charge is -2.25. The summed E-state index contributed by atoms with van der Waals surface area (Å²) in [5.41, 5.74) is 3.11. The van der Waals surface area contributed by atoms with Crippen LogP contribution in [0.1, 0.15) is 41.8 Å². The molecule has 1 aliphatic rings. The van der Waals surface area contributed by atoms with E-state index in [1.165, 1.54) is 10.6 Å². The number of methoxy groups -OCH3 is 1. The molecule has 0 N–H and O–H groups in total. The van der Waals surface area contributed by atoms with E-state index in [0.717, 1.165) is 54.0 Å². The quantitative estimate of drug-likeness (QED) is 0.303. The van der Waals surface area contributed by atoms with E-state index in [2.05, 4.69) is 13.8 Å². The van der Waals surface area contributed by atoms with E-state index in [-0.39, 0.29) is 18.2 Å². The molecule has 186 valence electrons. The molecule has 0 aliphatic heterocycles. The molecule has 0 radical (unpaired) electrons. The van der Waals surface area contributed by atoms with Crippen LogP contribution >= 0.6 is 11.3 Å². The summed E-state index contributed by atoms with van der Waals surface area (Å²) in [6.45, 7) is 4.40. The third-order valence-electron chi connectivity index (χ3n) is 7.19. The summed E-state index contributed by atoms with van der Waals surface area (Å²) in [7, 11) is 1.65. The number of ether oxygens (including phenoxy) is 1. The molecular weight excluding hydrogens is 468 g/mol. The summed E-state index contributed by atoms with van der Waals surface area (Å²) in [6, 6.07) is 17.7. The van der Waals surface area contributed by atoms with Gasteiger partial charge in [-0.25, -0.2) is 14.6 Å². The van der Waals surface area contributed by atoms with Crippen LogP contribution in [0.4, 0.5) is 0 Å². The highest BCUT2D eigenvalue weighted by Gasteiger charge is 2.27. The van der Waals surface area contributed by atoms with Crippen LogP contribution in [-0.2, 0) is 24.2 Å². The van der Waals surface area contributed by atoms with Crippen molar-refractivity contribution >= 4 is 17.1 Å². The topological polar surface area (TPSA) is 69.9 Å². The van der Waals surface area contributed by atoms with E-state index in [4.69, 9.17) is 19.8 Å². The Morgan fingerprint density at radius 3 is 2.58 bits per heavy atom. The molecule has 6 nitrogen and oxygen atoms in total. The maximum atomic E-state index is 13.6. The van der Waals surface area contributed by atoms with Crippen molar-refractivity contribution in [1.82, 2.24) is 19.7 Å². The summed E-state index contributed by atoms with van der Waals surface area (Å²) in [5.74, 6) is 2.66. The lowest BCUT2D eigenvalue weighted by Crippen LogP contribution is -2.27. The van der Waals surface area contributed by atoms with Crippen LogP contribution in [0.15, 0.2) is 54.6 Å². The molecule has 1 aliphatic carbocycles. The molecule has 2 unspecified atom stereocenters. The van der Waals surface area contributed by atoms with E-state index in [0.29, 0.717) is 17.6 Å². The molecule has 0 saturated carbocycles. The number of nitrogens with zero attached hydrogens (tertiary/aromatic N) is 4. The van der Waals surface area contributed by atoms with Crippen LogP contribution < -0.4 is 4.74 Å². The third-order valence-corrected chi connectivity index (χ3v) is 8.26. The first-order valence-corrected chi connectivity index (χ1v) is 13.5. The molecule has 2 aromatic heterocycles. The predicted molar refractivity (Wildman–Crippen MR) is 143 cm³/mol. The number of Topliss-reactive ketones (excluding diaryl/α,β-unsaturated/α-hetero) is 1. The molecule has 7 heteroatoms. The Balaban J connectivity index is 1.37. The van der Waals surface area contributed by atoms with Crippen molar-refractivity contribution in [2.75, 3.05) is 7.11 Å². The number of aryl methyl sites for hydroxylation is 3. The third kappa shape index (κ3) is 5.26. The SMILES string of the molecule is COc1ccc(-c2nc(-c3ccccc3)n(CC(=O)C(C)C3CCCc4nc(C)sc4CC3)n2)cc1. The first kappa shape index (κ1) is 24.4. The Kier molecular flexibility index (Phi) is 7.28. The standard InChI is InChI=1S/C29H32N4O2S/c1-19(21-10-7-11-25-27(17-14-21)36-20(2)30-25)26(34)18-33-29(23-8-5-4-6-9-23)31-28(32-33)22-12-15-24(35-3)16-13-22/h4-6,8-9,12-13,15-16,19,21H,7,10-11,14,17-18H2,1-3H3. The Morgan fingerprint density at radius 1 is 1.06 bits per heavy atom. The number of rotatable bonds is 7. The average molecular weight is 501 g/mol. The molecule has 36 heavy (non-hydrogen) atoms. The van der Waals surface area contributed by atoms with Crippen LogP contribution in [0.25, 0.3) is 22.8 Å². The average Bonchev–Trinajstić information content (AvgIpc) is 3.47. The molecule has 2 atom stereocenters. The number of carbonyl (C=O) groups is 1. The molecule has 0 spiro atoms. The summed E-state index contributed by atoms with van der Waals surface area (Å²) in [6.07, 6.45) is 5.20. The summed E-state index contributed by atoms with van der Waals surface area (Å²) in [4.78, 5) is 24.5. The van der Waals surface area contributed by atoms with Crippen LogP contribution in [0, 0.1) is 18.8 Å². The van der Waals surface area contributed by atoms with Gasteiger partial charge in [-0.3, -0.25) is 4.79 Å². The van der Waals surface area contributed by atoms with E-state index in [1.54, 1.807) is 11.8 Å². The minimum absolute atomic E-state index is 0.0298. The van der Waals surface area contributed by atoms with Crippen LogP contribution in [0.2, 0.25) is 0 Å². The molecule has 5 rings (SSSR count). The zero-order valence-electron chi connectivity index (χ0n) is 21.1. The Morgan fingerprint density at radius 2 is 1.83 bits per heavy atom. The maximum absolute atomic E-state index is 13.6. The monoisotopic (exact) mass is 500 g/mol. The molecule has 0 amide bonds. The van der Waals surface area contributed by atoms with Crippen LogP contribution in [-0.4, -0.2) is 32.6 Å². The first-order chi connectivity index (χ1) is 17.5. The molecule has 2 heterocycles. The fraction of sp³-hybridized carbons (Fsp3) is 0.379. The van der Waals surface area contributed by atoms with E-state index in [1.807, 2.05) is 65.9 Å². The van der Waals surface area contributed by atoms with Gasteiger partial charge in [-0.15, -0.1) is 16.4 Å². The highest BCUT2D eigenvalue weighted by molar-refractivity contribution is 7.11. The second-order valence-corrected chi connectivity index (χ2v) is 10.8. The smallest absolute Gasteiger partial charge is 0.181 e. The minimum atomic E-state index is -0.0298. The van der Waals surface area contributed by atoms with Gasteiger partial charge in [-0.1, -0.05) is 37.3 Å². The van der Waals surface area contributed by atoms with Gasteiger partial charge in [0.15, 0.2) is 17.4 Å². The van der Waals surface area contributed by atoms with Crippen LogP contribution in [0.5, 0.6) is 5.75 Å². The summed E-state index contributed by atoms with van der Waals surface area (Å²) < 4.78 is 7.06. The summed E-state index contributed by atoms with van der Waals surface area (Å²) in [5, 5.41) is 5.93. The molecule has 2 aromatic carbocycles. The second kappa shape index (κ2) is 10.7. The van der Waals surface area contributed by atoms with Crippen molar-refractivity contribution in [3.8, 4) is 28.5 Å². The van der Waals surface area contributed by atoms with E-state index in [9.17, 15) is 4.79 Å². The molecular formula is C29H32N4O2S. The zero-order valence-corrected chi connectivity index (χ0v) is 21.9. The predicted octanol–water partition coefficient (Wildman–Crippen LogP) is 6.18. The normalized spacial score (nSPS) is 16.6.